The van der Waals surface area contributed by atoms with Crippen LogP contribution in [0.2, 0.25) is 0 Å². The van der Waals surface area contributed by atoms with Crippen LogP contribution in [-0.4, -0.2) is 23.7 Å². The second-order valence-electron chi connectivity index (χ2n) is 3.64. The highest BCUT2D eigenvalue weighted by atomic mass is 35.5. The summed E-state index contributed by atoms with van der Waals surface area (Å²) in [4.78, 5) is 21.0. The Kier molecular flexibility index (Phi) is 7.01. The first-order chi connectivity index (χ1) is 8.88. The number of esters is 1. The first-order valence-corrected chi connectivity index (χ1v) is 5.38. The maximum atomic E-state index is 13.7. The van der Waals surface area contributed by atoms with Gasteiger partial charge in [0.15, 0.2) is 0 Å². The van der Waals surface area contributed by atoms with E-state index in [4.69, 9.17) is 5.73 Å². The Morgan fingerprint density at radius 1 is 1.55 bits per heavy atom. The zero-order valence-electron chi connectivity index (χ0n) is 10.4. The molecule has 6 nitrogen and oxygen atoms in total. The average Bonchev–Trinajstić information content (AvgIpc) is 2.37. The molecule has 0 radical (unpaired) electrons. The lowest BCUT2D eigenvalue weighted by Crippen LogP contribution is -2.32. The molecule has 1 aromatic carbocycles. The van der Waals surface area contributed by atoms with E-state index in [0.717, 1.165) is 12.1 Å². The van der Waals surface area contributed by atoms with Crippen molar-refractivity contribution in [1.29, 1.82) is 0 Å². The van der Waals surface area contributed by atoms with E-state index in [1.165, 1.54) is 6.92 Å². The van der Waals surface area contributed by atoms with Gasteiger partial charge in [0, 0.05) is 0 Å². The van der Waals surface area contributed by atoms with Crippen LogP contribution >= 0.6 is 12.4 Å². The number of nitrogens with zero attached hydrogens (tertiary/aromatic N) is 1. The van der Waals surface area contributed by atoms with Crippen LogP contribution < -0.4 is 5.73 Å². The highest BCUT2D eigenvalue weighted by molar-refractivity contribution is 5.85. The molecule has 0 aliphatic carbocycles. The van der Waals surface area contributed by atoms with Crippen LogP contribution in [0.1, 0.15) is 18.5 Å². The van der Waals surface area contributed by atoms with E-state index in [1.54, 1.807) is 0 Å². The molecule has 9 heteroatoms. The molecule has 20 heavy (non-hydrogen) atoms. The van der Waals surface area contributed by atoms with E-state index in [1.807, 2.05) is 0 Å². The second kappa shape index (κ2) is 7.71. The molecule has 0 saturated heterocycles. The first kappa shape index (κ1) is 18.2. The number of hydrogen-bond acceptors (Lipinski definition) is 5. The van der Waals surface area contributed by atoms with Gasteiger partial charge in [0.1, 0.15) is 5.82 Å². The number of nitro benzene ring substituents is 1. The third kappa shape index (κ3) is 4.10. The summed E-state index contributed by atoms with van der Waals surface area (Å²) in [7, 11) is 0. The predicted molar refractivity (Wildman–Crippen MR) is 68.8 cm³/mol. The minimum atomic E-state index is -2.26. The van der Waals surface area contributed by atoms with Gasteiger partial charge in [-0.1, -0.05) is 0 Å². The van der Waals surface area contributed by atoms with Crippen molar-refractivity contribution in [1.82, 2.24) is 0 Å². The van der Waals surface area contributed by atoms with E-state index in [9.17, 15) is 23.7 Å². The van der Waals surface area contributed by atoms with Crippen molar-refractivity contribution < 1.29 is 23.2 Å². The predicted octanol–water partition coefficient (Wildman–Crippen LogP) is 2.06. The molecule has 0 aromatic heterocycles. The van der Waals surface area contributed by atoms with Crippen molar-refractivity contribution in [3.63, 3.8) is 0 Å². The molecular weight excluding hydrogens is 298 g/mol. The summed E-state index contributed by atoms with van der Waals surface area (Å²) in [6.07, 6.45) is -2.26. The number of alkyl halides is 1. The van der Waals surface area contributed by atoms with Gasteiger partial charge in [-0.15, -0.1) is 12.4 Å². The van der Waals surface area contributed by atoms with Crippen LogP contribution in [-0.2, 0) is 9.53 Å². The number of benzene rings is 1. The maximum absolute atomic E-state index is 13.7. The lowest BCUT2D eigenvalue weighted by atomic mass is 10.0. The van der Waals surface area contributed by atoms with Crippen molar-refractivity contribution in [3.05, 3.63) is 39.7 Å². The molecular formula is C11H13ClF2N2O4. The van der Waals surface area contributed by atoms with Crippen molar-refractivity contribution >= 4 is 24.1 Å². The number of carbonyl (C=O) groups is 1. The van der Waals surface area contributed by atoms with Crippen molar-refractivity contribution in [2.75, 3.05) is 6.61 Å². The fourth-order valence-corrected chi connectivity index (χ4v) is 1.48. The largest absolute Gasteiger partial charge is 0.464 e. The molecule has 1 rings (SSSR count). The molecule has 1 aromatic rings. The number of nitrogens with two attached hydrogens (primary N) is 1. The summed E-state index contributed by atoms with van der Waals surface area (Å²) in [6, 6.07) is 0.900. The molecule has 0 fully saturated rings. The van der Waals surface area contributed by atoms with Crippen molar-refractivity contribution in [2.24, 2.45) is 5.73 Å². The van der Waals surface area contributed by atoms with Crippen LogP contribution in [0.25, 0.3) is 0 Å². The minimum absolute atomic E-state index is 0. The van der Waals surface area contributed by atoms with Gasteiger partial charge < -0.3 is 10.5 Å². The fraction of sp³-hybridized carbons (Fsp3) is 0.364. The Morgan fingerprint density at radius 3 is 2.65 bits per heavy atom. The standard InChI is InChI=1S/C11H12F2N2O4.ClH/c1-2-19-11(16)9(13)10(14)7-4-3-6(12)5-8(7)15(17)18;/h3-5,9-10H,2,14H2,1H3;1H/t9?,10-;/m0./s1. The van der Waals surface area contributed by atoms with Gasteiger partial charge in [0.2, 0.25) is 6.17 Å². The molecule has 0 bridgehead atoms. The second-order valence-corrected chi connectivity index (χ2v) is 3.64. The molecule has 2 N–H and O–H groups in total. The van der Waals surface area contributed by atoms with Crippen molar-refractivity contribution in [3.8, 4) is 0 Å². The summed E-state index contributed by atoms with van der Waals surface area (Å²) < 4.78 is 31.0. The SMILES string of the molecule is CCOC(=O)C(F)[C@@H](N)c1ccc(F)cc1[N+](=O)[O-].Cl. The Morgan fingerprint density at radius 2 is 2.15 bits per heavy atom. The number of nitro groups is 1. The first-order valence-electron chi connectivity index (χ1n) is 5.38. The van der Waals surface area contributed by atoms with Gasteiger partial charge in [0.25, 0.3) is 5.69 Å². The summed E-state index contributed by atoms with van der Waals surface area (Å²) in [6.45, 7) is 1.44. The Bertz CT molecular complexity index is 501. The number of halogens is 3. The van der Waals surface area contributed by atoms with Gasteiger partial charge >= 0.3 is 5.97 Å². The molecule has 1 unspecified atom stereocenters. The third-order valence-corrected chi connectivity index (χ3v) is 2.38. The van der Waals surface area contributed by atoms with Crippen LogP contribution in [0.15, 0.2) is 18.2 Å². The van der Waals surface area contributed by atoms with E-state index in [-0.39, 0.29) is 24.6 Å². The van der Waals surface area contributed by atoms with Gasteiger partial charge in [-0.25, -0.2) is 13.6 Å². The molecule has 2 atom stereocenters. The zero-order valence-corrected chi connectivity index (χ0v) is 11.2. The van der Waals surface area contributed by atoms with Gasteiger partial charge in [-0.3, -0.25) is 10.1 Å². The Hall–Kier alpha value is -1.80. The smallest absolute Gasteiger partial charge is 0.342 e. The lowest BCUT2D eigenvalue weighted by Gasteiger charge is -2.15. The number of rotatable bonds is 5. The molecule has 0 aliphatic heterocycles. The molecule has 0 aliphatic rings. The van der Waals surface area contributed by atoms with Crippen LogP contribution in [0.5, 0.6) is 0 Å². The van der Waals surface area contributed by atoms with Crippen LogP contribution in [0, 0.1) is 15.9 Å². The summed E-state index contributed by atoms with van der Waals surface area (Å²) in [5.41, 5.74) is 4.50. The van der Waals surface area contributed by atoms with E-state index in [2.05, 4.69) is 4.74 Å². The van der Waals surface area contributed by atoms with Crippen LogP contribution in [0.3, 0.4) is 0 Å². The fourth-order valence-electron chi connectivity index (χ4n) is 1.48. The average molecular weight is 311 g/mol. The molecule has 112 valence electrons. The van der Waals surface area contributed by atoms with E-state index >= 15 is 0 Å². The lowest BCUT2D eigenvalue weighted by molar-refractivity contribution is -0.386. The molecule has 0 spiro atoms. The third-order valence-electron chi connectivity index (χ3n) is 2.38. The van der Waals surface area contributed by atoms with E-state index < -0.39 is 34.6 Å². The number of hydrogen-bond donors (Lipinski definition) is 1. The summed E-state index contributed by atoms with van der Waals surface area (Å²) >= 11 is 0. The molecule has 0 amide bonds. The molecule has 0 heterocycles. The topological polar surface area (TPSA) is 95.5 Å². The Balaban J connectivity index is 0.00000361. The summed E-state index contributed by atoms with van der Waals surface area (Å²) in [5, 5.41) is 10.7. The van der Waals surface area contributed by atoms with Gasteiger partial charge in [0.05, 0.1) is 29.2 Å². The van der Waals surface area contributed by atoms with E-state index in [0.29, 0.717) is 6.07 Å². The van der Waals surface area contributed by atoms with Gasteiger partial charge in [-0.05, 0) is 19.1 Å². The number of ether oxygens (including phenoxy) is 1. The Labute approximate surface area is 119 Å². The highest BCUT2D eigenvalue weighted by Gasteiger charge is 2.32. The number of carbonyl (C=O) groups excluding carboxylic acids is 1. The maximum Gasteiger partial charge on any atom is 0.342 e. The van der Waals surface area contributed by atoms with Crippen LogP contribution in [0.4, 0.5) is 14.5 Å². The molecule has 0 saturated carbocycles. The quantitative estimate of drug-likeness (QED) is 0.510. The normalized spacial score (nSPS) is 13.0. The zero-order chi connectivity index (χ0) is 14.6. The van der Waals surface area contributed by atoms with Crippen molar-refractivity contribution in [2.45, 2.75) is 19.1 Å². The van der Waals surface area contributed by atoms with Gasteiger partial charge in [-0.2, -0.15) is 0 Å². The highest BCUT2D eigenvalue weighted by Crippen LogP contribution is 2.28. The monoisotopic (exact) mass is 310 g/mol. The minimum Gasteiger partial charge on any atom is -0.464 e. The summed E-state index contributed by atoms with van der Waals surface area (Å²) in [5.74, 6) is -2.07.